The van der Waals surface area contributed by atoms with Crippen LogP contribution in [0.15, 0.2) is 30.6 Å². The number of nitrogens with zero attached hydrogens (tertiary/aromatic N) is 5. The molecule has 1 amide bonds. The van der Waals surface area contributed by atoms with E-state index in [4.69, 9.17) is 0 Å². The summed E-state index contributed by atoms with van der Waals surface area (Å²) >= 11 is 0. The van der Waals surface area contributed by atoms with Gasteiger partial charge < -0.3 is 9.88 Å². The minimum atomic E-state index is -0.134. The van der Waals surface area contributed by atoms with Crippen molar-refractivity contribution in [3.63, 3.8) is 0 Å². The van der Waals surface area contributed by atoms with Crippen LogP contribution in [-0.4, -0.2) is 30.2 Å². The highest BCUT2D eigenvalue weighted by Gasteiger charge is 2.09. The molecule has 2 aromatic heterocycles. The second kappa shape index (κ2) is 6.27. The van der Waals surface area contributed by atoms with E-state index in [-0.39, 0.29) is 12.5 Å². The van der Waals surface area contributed by atoms with Gasteiger partial charge in [0.25, 0.3) is 0 Å². The topological polar surface area (TPSA) is 77.6 Å². The molecule has 0 bridgehead atoms. The third kappa shape index (κ3) is 3.19. The summed E-state index contributed by atoms with van der Waals surface area (Å²) in [6, 6.07) is 7.66. The van der Waals surface area contributed by atoms with E-state index in [0.29, 0.717) is 5.82 Å². The highest BCUT2D eigenvalue weighted by molar-refractivity contribution is 5.90. The summed E-state index contributed by atoms with van der Waals surface area (Å²) in [7, 11) is 0. The van der Waals surface area contributed by atoms with Gasteiger partial charge in [0.2, 0.25) is 5.91 Å². The predicted octanol–water partition coefficient (Wildman–Crippen LogP) is 2.34. The van der Waals surface area contributed by atoms with E-state index in [0.717, 1.165) is 28.6 Å². The number of imidazole rings is 1. The van der Waals surface area contributed by atoms with Crippen LogP contribution >= 0.6 is 0 Å². The van der Waals surface area contributed by atoms with Crippen LogP contribution in [-0.2, 0) is 11.3 Å². The quantitative estimate of drug-likeness (QED) is 0.799. The van der Waals surface area contributed by atoms with Gasteiger partial charge in [-0.15, -0.1) is 0 Å². The smallest absolute Gasteiger partial charge is 0.246 e. The monoisotopic (exact) mass is 324 g/mol. The number of rotatable bonds is 4. The molecule has 0 radical (unpaired) electrons. The van der Waals surface area contributed by atoms with Crippen LogP contribution in [0.4, 0.5) is 5.69 Å². The second-order valence-electron chi connectivity index (χ2n) is 5.74. The maximum Gasteiger partial charge on any atom is 0.246 e. The molecule has 1 N–H and O–H groups in total. The lowest BCUT2D eigenvalue weighted by atomic mass is 10.2. The molecule has 3 rings (SSSR count). The summed E-state index contributed by atoms with van der Waals surface area (Å²) in [6.45, 7) is 7.79. The Labute approximate surface area is 140 Å². The van der Waals surface area contributed by atoms with Crippen molar-refractivity contribution >= 4 is 11.6 Å². The van der Waals surface area contributed by atoms with Gasteiger partial charge in [-0.3, -0.25) is 4.79 Å². The lowest BCUT2D eigenvalue weighted by molar-refractivity contribution is -0.116. The van der Waals surface area contributed by atoms with Crippen molar-refractivity contribution in [1.29, 1.82) is 0 Å². The average Bonchev–Trinajstić information content (AvgIpc) is 3.03. The van der Waals surface area contributed by atoms with Crippen LogP contribution in [0.2, 0.25) is 0 Å². The van der Waals surface area contributed by atoms with E-state index in [1.165, 1.54) is 0 Å². The van der Waals surface area contributed by atoms with E-state index in [1.54, 1.807) is 17.9 Å². The van der Waals surface area contributed by atoms with E-state index >= 15 is 0 Å². The number of aryl methyl sites for hydroxylation is 3. The summed E-state index contributed by atoms with van der Waals surface area (Å²) in [5.41, 5.74) is 3.86. The van der Waals surface area contributed by atoms with Crippen molar-refractivity contribution in [3.05, 3.63) is 53.6 Å². The molecule has 0 aliphatic carbocycles. The Kier molecular flexibility index (Phi) is 4.16. The molecule has 0 aliphatic rings. The number of hydrogen-bond acceptors (Lipinski definition) is 4. The van der Waals surface area contributed by atoms with Gasteiger partial charge in [-0.1, -0.05) is 0 Å². The summed E-state index contributed by atoms with van der Waals surface area (Å²) in [4.78, 5) is 20.6. The Morgan fingerprint density at radius 2 is 1.83 bits per heavy atom. The van der Waals surface area contributed by atoms with Gasteiger partial charge in [0.05, 0.1) is 12.0 Å². The molecule has 7 heteroatoms. The number of hydrogen-bond donors (Lipinski definition) is 1. The second-order valence-corrected chi connectivity index (χ2v) is 5.74. The van der Waals surface area contributed by atoms with E-state index in [1.807, 2.05) is 49.6 Å². The van der Waals surface area contributed by atoms with Crippen molar-refractivity contribution in [2.24, 2.45) is 0 Å². The Hall–Kier alpha value is -2.96. The molecule has 0 spiro atoms. The largest absolute Gasteiger partial charge is 0.324 e. The number of nitrogens with one attached hydrogen (secondary N) is 1. The third-order valence-corrected chi connectivity index (χ3v) is 3.94. The molecule has 2 heterocycles. The van der Waals surface area contributed by atoms with E-state index < -0.39 is 0 Å². The number of aromatic nitrogens is 5. The first kappa shape index (κ1) is 15.9. The molecule has 24 heavy (non-hydrogen) atoms. The standard InChI is InChI=1S/C17H20N6O/c1-11-12(2)22(10-18-11)16-7-5-15(6-8-16)20-17(24)9-23-14(4)19-13(3)21-23/h5-8,10H,9H2,1-4H3,(H,20,24). The van der Waals surface area contributed by atoms with Crippen LogP contribution in [0, 0.1) is 27.7 Å². The minimum Gasteiger partial charge on any atom is -0.324 e. The molecule has 0 fully saturated rings. The minimum absolute atomic E-state index is 0.134. The van der Waals surface area contributed by atoms with Gasteiger partial charge in [-0.05, 0) is 52.0 Å². The zero-order chi connectivity index (χ0) is 17.3. The fourth-order valence-corrected chi connectivity index (χ4v) is 2.51. The molecule has 0 aliphatic heterocycles. The van der Waals surface area contributed by atoms with Crippen molar-refractivity contribution in [3.8, 4) is 5.69 Å². The van der Waals surface area contributed by atoms with E-state index in [2.05, 4.69) is 20.4 Å². The lowest BCUT2D eigenvalue weighted by Gasteiger charge is -2.09. The summed E-state index contributed by atoms with van der Waals surface area (Å²) in [5, 5.41) is 7.07. The van der Waals surface area contributed by atoms with Crippen LogP contribution in [0.5, 0.6) is 0 Å². The van der Waals surface area contributed by atoms with Crippen LogP contribution in [0.25, 0.3) is 5.69 Å². The molecular weight excluding hydrogens is 304 g/mol. The molecule has 3 aromatic rings. The summed E-state index contributed by atoms with van der Waals surface area (Å²) in [6.07, 6.45) is 1.80. The van der Waals surface area contributed by atoms with Crippen molar-refractivity contribution < 1.29 is 4.79 Å². The van der Waals surface area contributed by atoms with Crippen molar-refractivity contribution in [2.75, 3.05) is 5.32 Å². The zero-order valence-electron chi connectivity index (χ0n) is 14.2. The first-order chi connectivity index (χ1) is 11.4. The van der Waals surface area contributed by atoms with Gasteiger partial charge in [-0.2, -0.15) is 5.10 Å². The number of benzene rings is 1. The first-order valence-electron chi connectivity index (χ1n) is 7.73. The first-order valence-corrected chi connectivity index (χ1v) is 7.73. The maximum atomic E-state index is 12.1. The Balaban J connectivity index is 1.69. The Bertz CT molecular complexity index is 875. The highest BCUT2D eigenvalue weighted by atomic mass is 16.2. The zero-order valence-corrected chi connectivity index (χ0v) is 14.2. The highest BCUT2D eigenvalue weighted by Crippen LogP contribution is 2.16. The summed E-state index contributed by atoms with van der Waals surface area (Å²) < 4.78 is 3.61. The van der Waals surface area contributed by atoms with Gasteiger partial charge >= 0.3 is 0 Å². The van der Waals surface area contributed by atoms with Gasteiger partial charge in [0.15, 0.2) is 0 Å². The Morgan fingerprint density at radius 1 is 1.12 bits per heavy atom. The van der Waals surface area contributed by atoms with Crippen LogP contribution < -0.4 is 5.32 Å². The number of carbonyl (C=O) groups is 1. The summed E-state index contributed by atoms with van der Waals surface area (Å²) in [5.74, 6) is 1.25. The van der Waals surface area contributed by atoms with Gasteiger partial charge in [0.1, 0.15) is 18.2 Å². The Morgan fingerprint density at radius 3 is 2.38 bits per heavy atom. The molecule has 0 saturated carbocycles. The average molecular weight is 324 g/mol. The number of carbonyl (C=O) groups excluding carboxylic acids is 1. The molecular formula is C17H20N6O. The lowest BCUT2D eigenvalue weighted by Crippen LogP contribution is -2.20. The van der Waals surface area contributed by atoms with E-state index in [9.17, 15) is 4.79 Å². The number of anilines is 1. The van der Waals surface area contributed by atoms with Crippen LogP contribution in [0.3, 0.4) is 0 Å². The molecule has 0 atom stereocenters. The molecule has 1 aromatic carbocycles. The van der Waals surface area contributed by atoms with Crippen LogP contribution in [0.1, 0.15) is 23.0 Å². The van der Waals surface area contributed by atoms with Gasteiger partial charge in [0, 0.05) is 17.1 Å². The molecule has 7 nitrogen and oxygen atoms in total. The van der Waals surface area contributed by atoms with Gasteiger partial charge in [-0.25, -0.2) is 14.6 Å². The maximum absolute atomic E-state index is 12.1. The fourth-order valence-electron chi connectivity index (χ4n) is 2.51. The third-order valence-electron chi connectivity index (χ3n) is 3.94. The molecule has 124 valence electrons. The predicted molar refractivity (Wildman–Crippen MR) is 91.2 cm³/mol. The van der Waals surface area contributed by atoms with Crippen molar-refractivity contribution in [2.45, 2.75) is 34.2 Å². The van der Waals surface area contributed by atoms with Crippen molar-refractivity contribution in [1.82, 2.24) is 24.3 Å². The normalized spacial score (nSPS) is 10.8. The number of amides is 1. The molecule has 0 saturated heterocycles. The SMILES string of the molecule is Cc1nc(C)n(CC(=O)Nc2ccc(-n3cnc(C)c3C)cc2)n1. The molecule has 0 unspecified atom stereocenters. The fraction of sp³-hybridized carbons (Fsp3) is 0.294.